The summed E-state index contributed by atoms with van der Waals surface area (Å²) in [5.41, 5.74) is 2.76. The Balaban J connectivity index is 1.75. The molecule has 1 aliphatic carbocycles. The molecule has 0 unspecified atom stereocenters. The van der Waals surface area contributed by atoms with Crippen molar-refractivity contribution in [2.45, 2.75) is 38.3 Å². The Bertz CT molecular complexity index is 882. The van der Waals surface area contributed by atoms with Crippen LogP contribution in [0, 0.1) is 11.3 Å². The smallest absolute Gasteiger partial charge is 0.307 e. The summed E-state index contributed by atoms with van der Waals surface area (Å²) in [6.07, 6.45) is 3.33. The first-order valence-electron chi connectivity index (χ1n) is 8.57. The van der Waals surface area contributed by atoms with Crippen LogP contribution in [0.1, 0.15) is 36.0 Å². The van der Waals surface area contributed by atoms with Gasteiger partial charge in [0.15, 0.2) is 5.75 Å². The van der Waals surface area contributed by atoms with Crippen molar-refractivity contribution in [2.75, 3.05) is 5.32 Å². The molecule has 2 aromatic carbocycles. The summed E-state index contributed by atoms with van der Waals surface area (Å²) in [5, 5.41) is 22.1. The summed E-state index contributed by atoms with van der Waals surface area (Å²) in [4.78, 5) is 10.8. The second-order valence-corrected chi connectivity index (χ2v) is 7.36. The van der Waals surface area contributed by atoms with Crippen LogP contribution in [0.3, 0.4) is 0 Å². The third kappa shape index (κ3) is 5.06. The van der Waals surface area contributed by atoms with E-state index in [9.17, 15) is 10.1 Å². The average molecular weight is 405 g/mol. The van der Waals surface area contributed by atoms with Crippen LogP contribution in [0.4, 0.5) is 5.69 Å². The number of carboxylic acids is 1. The maximum absolute atomic E-state index is 10.8. The number of nitriles is 1. The number of anilines is 1. The number of hydrogen-bond donors (Lipinski definition) is 2. The molecule has 0 heterocycles. The highest BCUT2D eigenvalue weighted by atomic mass is 35.5. The maximum atomic E-state index is 10.8. The van der Waals surface area contributed by atoms with E-state index in [1.807, 2.05) is 12.1 Å². The summed E-state index contributed by atoms with van der Waals surface area (Å²) in [7, 11) is 0. The Labute approximate surface area is 167 Å². The molecule has 0 saturated heterocycles. The molecule has 0 amide bonds. The van der Waals surface area contributed by atoms with Crippen molar-refractivity contribution in [3.63, 3.8) is 0 Å². The number of nitrogens with one attached hydrogen (secondary N) is 1. The molecule has 1 aliphatic rings. The van der Waals surface area contributed by atoms with Crippen LogP contribution in [0.15, 0.2) is 30.3 Å². The molecule has 7 heteroatoms. The molecule has 0 aliphatic heterocycles. The van der Waals surface area contributed by atoms with Crippen LogP contribution in [0.25, 0.3) is 0 Å². The predicted molar refractivity (Wildman–Crippen MR) is 105 cm³/mol. The topological polar surface area (TPSA) is 82.3 Å². The summed E-state index contributed by atoms with van der Waals surface area (Å²) in [6, 6.07) is 11.2. The van der Waals surface area contributed by atoms with E-state index >= 15 is 0 Å². The second kappa shape index (κ2) is 8.51. The van der Waals surface area contributed by atoms with Crippen molar-refractivity contribution in [1.29, 1.82) is 5.26 Å². The van der Waals surface area contributed by atoms with Gasteiger partial charge < -0.3 is 15.2 Å². The van der Waals surface area contributed by atoms with Gasteiger partial charge in [0.05, 0.1) is 28.1 Å². The predicted octanol–water partition coefficient (Wildman–Crippen LogP) is 5.04. The number of benzene rings is 2. The Kier molecular flexibility index (Phi) is 6.10. The highest BCUT2D eigenvalue weighted by Gasteiger charge is 2.17. The number of carbonyl (C=O) groups is 1. The van der Waals surface area contributed by atoms with Crippen molar-refractivity contribution >= 4 is 34.9 Å². The molecule has 27 heavy (non-hydrogen) atoms. The highest BCUT2D eigenvalue weighted by molar-refractivity contribution is 6.37. The standard InChI is InChI=1S/C20H18Cl2N2O3/c21-17-7-12(9-19(25)26)8-18(22)20(17)27-11-14-4-13(10-23)5-16(6-14)24-15-2-1-3-15/h4-8,15,24H,1-3,9,11H2,(H,25,26). The van der Waals surface area contributed by atoms with Crippen LogP contribution in [0.5, 0.6) is 5.75 Å². The number of rotatable bonds is 7. The minimum absolute atomic E-state index is 0.167. The molecular weight excluding hydrogens is 387 g/mol. The van der Waals surface area contributed by atoms with Crippen LogP contribution >= 0.6 is 23.2 Å². The van der Waals surface area contributed by atoms with E-state index in [1.54, 1.807) is 6.07 Å². The van der Waals surface area contributed by atoms with Crippen molar-refractivity contribution in [3.8, 4) is 11.8 Å². The van der Waals surface area contributed by atoms with Crippen molar-refractivity contribution in [1.82, 2.24) is 0 Å². The number of hydrogen-bond acceptors (Lipinski definition) is 4. The number of ether oxygens (including phenoxy) is 1. The van der Waals surface area contributed by atoms with Gasteiger partial charge in [-0.1, -0.05) is 23.2 Å². The van der Waals surface area contributed by atoms with Gasteiger partial charge in [-0.15, -0.1) is 0 Å². The monoisotopic (exact) mass is 404 g/mol. The highest BCUT2D eigenvalue weighted by Crippen LogP contribution is 2.35. The number of nitrogens with zero attached hydrogens (tertiary/aromatic N) is 1. The fourth-order valence-electron chi connectivity index (χ4n) is 2.89. The van der Waals surface area contributed by atoms with Gasteiger partial charge in [0, 0.05) is 11.7 Å². The Morgan fingerprint density at radius 2 is 1.89 bits per heavy atom. The summed E-state index contributed by atoms with van der Waals surface area (Å²) >= 11 is 12.4. The number of halogens is 2. The number of aliphatic carboxylic acids is 1. The van der Waals surface area contributed by atoms with Gasteiger partial charge >= 0.3 is 5.97 Å². The average Bonchev–Trinajstić information content (AvgIpc) is 2.56. The van der Waals surface area contributed by atoms with Crippen molar-refractivity contribution in [2.24, 2.45) is 0 Å². The first-order chi connectivity index (χ1) is 12.9. The van der Waals surface area contributed by atoms with E-state index in [4.69, 9.17) is 33.0 Å². The maximum Gasteiger partial charge on any atom is 0.307 e. The van der Waals surface area contributed by atoms with E-state index in [1.165, 1.54) is 18.6 Å². The molecule has 1 saturated carbocycles. The SMILES string of the molecule is N#Cc1cc(COc2c(Cl)cc(CC(=O)O)cc2Cl)cc(NC2CCC2)c1. The van der Waals surface area contributed by atoms with Crippen LogP contribution in [-0.2, 0) is 17.8 Å². The van der Waals surface area contributed by atoms with Crippen LogP contribution in [0.2, 0.25) is 10.0 Å². The summed E-state index contributed by atoms with van der Waals surface area (Å²) in [5.74, 6) is -0.668. The minimum atomic E-state index is -0.962. The molecule has 0 aromatic heterocycles. The zero-order valence-corrected chi connectivity index (χ0v) is 16.0. The lowest BCUT2D eigenvalue weighted by atomic mass is 9.93. The molecule has 140 valence electrons. The third-order valence-corrected chi connectivity index (χ3v) is 4.96. The molecule has 2 aromatic rings. The summed E-state index contributed by atoms with van der Waals surface area (Å²) in [6.45, 7) is 0.187. The largest absolute Gasteiger partial charge is 0.486 e. The van der Waals surface area contributed by atoms with Gasteiger partial charge in [-0.3, -0.25) is 4.79 Å². The number of carboxylic acid groups (broad SMARTS) is 1. The summed E-state index contributed by atoms with van der Waals surface area (Å²) < 4.78 is 5.76. The van der Waals surface area contributed by atoms with E-state index in [0.717, 1.165) is 24.1 Å². The quantitative estimate of drug-likeness (QED) is 0.675. The molecule has 0 spiro atoms. The zero-order valence-electron chi connectivity index (χ0n) is 14.5. The van der Waals surface area contributed by atoms with Gasteiger partial charge in [0.2, 0.25) is 0 Å². The van der Waals surface area contributed by atoms with Gasteiger partial charge in [0.1, 0.15) is 6.61 Å². The molecule has 0 atom stereocenters. The Hall–Kier alpha value is -2.42. The molecule has 3 rings (SSSR count). The van der Waals surface area contributed by atoms with Crippen LogP contribution in [-0.4, -0.2) is 17.1 Å². The first-order valence-corrected chi connectivity index (χ1v) is 9.33. The van der Waals surface area contributed by atoms with Gasteiger partial charge in [0.25, 0.3) is 0 Å². The molecule has 1 fully saturated rings. The Morgan fingerprint density at radius 3 is 2.44 bits per heavy atom. The molecule has 5 nitrogen and oxygen atoms in total. The molecule has 2 N–H and O–H groups in total. The van der Waals surface area contributed by atoms with Crippen molar-refractivity contribution in [3.05, 3.63) is 57.1 Å². The third-order valence-electron chi connectivity index (χ3n) is 4.39. The van der Waals surface area contributed by atoms with Crippen molar-refractivity contribution < 1.29 is 14.6 Å². The zero-order chi connectivity index (χ0) is 19.4. The Morgan fingerprint density at radius 1 is 1.19 bits per heavy atom. The lowest BCUT2D eigenvalue weighted by molar-refractivity contribution is -0.136. The van der Waals surface area contributed by atoms with E-state index in [0.29, 0.717) is 22.9 Å². The first kappa shape index (κ1) is 19.3. The van der Waals surface area contributed by atoms with Gasteiger partial charge in [-0.2, -0.15) is 5.26 Å². The molecule has 0 bridgehead atoms. The van der Waals surface area contributed by atoms with Gasteiger partial charge in [-0.25, -0.2) is 0 Å². The minimum Gasteiger partial charge on any atom is -0.486 e. The second-order valence-electron chi connectivity index (χ2n) is 6.55. The fourth-order valence-corrected chi connectivity index (χ4v) is 3.54. The van der Waals surface area contributed by atoms with Crippen LogP contribution < -0.4 is 10.1 Å². The van der Waals surface area contributed by atoms with E-state index in [-0.39, 0.29) is 23.1 Å². The van der Waals surface area contributed by atoms with Gasteiger partial charge in [-0.05, 0) is 60.7 Å². The van der Waals surface area contributed by atoms with E-state index < -0.39 is 5.97 Å². The normalized spacial score (nSPS) is 13.5. The molecular formula is C20H18Cl2N2O3. The lowest BCUT2D eigenvalue weighted by Crippen LogP contribution is -2.27. The lowest BCUT2D eigenvalue weighted by Gasteiger charge is -2.27. The molecule has 0 radical (unpaired) electrons. The van der Waals surface area contributed by atoms with E-state index in [2.05, 4.69) is 11.4 Å². The fraction of sp³-hybridized carbons (Fsp3) is 0.300.